The molecule has 2 nitrogen and oxygen atoms in total. The zero-order valence-corrected chi connectivity index (χ0v) is 10.1. The van der Waals surface area contributed by atoms with Crippen LogP contribution in [0.25, 0.3) is 0 Å². The van der Waals surface area contributed by atoms with Crippen LogP contribution in [0.1, 0.15) is 31.1 Å². The van der Waals surface area contributed by atoms with Crippen molar-refractivity contribution < 1.29 is 5.11 Å². The summed E-state index contributed by atoms with van der Waals surface area (Å²) in [5.74, 6) is 2.16. The molecular formula is C12H19NOS. The Bertz CT molecular complexity index is 284. The number of aliphatic hydroxyl groups is 1. The topological polar surface area (TPSA) is 46.2 Å². The smallest absolute Gasteiger partial charge is 0.0938 e. The predicted molar refractivity (Wildman–Crippen MR) is 66.9 cm³/mol. The lowest BCUT2D eigenvalue weighted by atomic mass is 10.0. The van der Waals surface area contributed by atoms with Crippen LogP contribution >= 0.6 is 11.8 Å². The summed E-state index contributed by atoms with van der Waals surface area (Å²) in [7, 11) is 0. The molecule has 3 N–H and O–H groups in total. The second kappa shape index (κ2) is 6.16. The summed E-state index contributed by atoms with van der Waals surface area (Å²) < 4.78 is 0. The maximum absolute atomic E-state index is 9.73. The van der Waals surface area contributed by atoms with Crippen LogP contribution in [0.15, 0.2) is 24.3 Å². The molecule has 0 unspecified atom stereocenters. The van der Waals surface area contributed by atoms with Crippen LogP contribution in [0.5, 0.6) is 0 Å². The van der Waals surface area contributed by atoms with E-state index in [1.165, 1.54) is 5.56 Å². The number of rotatable bonds is 5. The SMILES string of the molecule is CCSCc1ccc([C@@H](O)[C@H](C)N)cc1. The molecule has 0 radical (unpaired) electrons. The molecule has 3 heteroatoms. The average Bonchev–Trinajstić information content (AvgIpc) is 2.26. The van der Waals surface area contributed by atoms with Gasteiger partial charge in [0.2, 0.25) is 0 Å². The minimum atomic E-state index is -0.558. The van der Waals surface area contributed by atoms with E-state index in [0.717, 1.165) is 17.1 Å². The third kappa shape index (κ3) is 3.86. The Kier molecular flexibility index (Phi) is 5.15. The van der Waals surface area contributed by atoms with Gasteiger partial charge in [0, 0.05) is 11.8 Å². The van der Waals surface area contributed by atoms with Gasteiger partial charge in [-0.3, -0.25) is 0 Å². The molecule has 15 heavy (non-hydrogen) atoms. The van der Waals surface area contributed by atoms with Gasteiger partial charge in [-0.05, 0) is 23.8 Å². The molecule has 1 aromatic rings. The standard InChI is InChI=1S/C12H19NOS/c1-3-15-8-10-4-6-11(7-5-10)12(14)9(2)13/h4-7,9,12,14H,3,8,13H2,1-2H3/t9-,12-/m0/s1. The van der Waals surface area contributed by atoms with E-state index in [0.29, 0.717) is 0 Å². The van der Waals surface area contributed by atoms with Gasteiger partial charge < -0.3 is 10.8 Å². The predicted octanol–water partition coefficient (Wildman–Crippen LogP) is 2.32. The highest BCUT2D eigenvalue weighted by molar-refractivity contribution is 7.98. The van der Waals surface area contributed by atoms with Gasteiger partial charge in [-0.15, -0.1) is 0 Å². The number of nitrogens with two attached hydrogens (primary N) is 1. The molecule has 0 spiro atoms. The maximum Gasteiger partial charge on any atom is 0.0938 e. The highest BCUT2D eigenvalue weighted by Crippen LogP contribution is 2.18. The van der Waals surface area contributed by atoms with E-state index < -0.39 is 6.10 Å². The summed E-state index contributed by atoms with van der Waals surface area (Å²) >= 11 is 1.89. The molecule has 1 aromatic carbocycles. The fourth-order valence-corrected chi connectivity index (χ4v) is 1.97. The molecule has 1 rings (SSSR count). The first-order valence-corrected chi connectivity index (χ1v) is 6.40. The number of thioether (sulfide) groups is 1. The van der Waals surface area contributed by atoms with Crippen molar-refractivity contribution in [3.8, 4) is 0 Å². The molecule has 0 saturated carbocycles. The van der Waals surface area contributed by atoms with E-state index in [2.05, 4.69) is 19.1 Å². The van der Waals surface area contributed by atoms with E-state index in [1.807, 2.05) is 30.8 Å². The Morgan fingerprint density at radius 1 is 1.33 bits per heavy atom. The average molecular weight is 225 g/mol. The van der Waals surface area contributed by atoms with Crippen molar-refractivity contribution in [1.29, 1.82) is 0 Å². The van der Waals surface area contributed by atoms with E-state index in [9.17, 15) is 5.11 Å². The fourth-order valence-electron chi connectivity index (χ4n) is 1.33. The first-order chi connectivity index (χ1) is 7.15. The van der Waals surface area contributed by atoms with E-state index >= 15 is 0 Å². The van der Waals surface area contributed by atoms with E-state index in [-0.39, 0.29) is 6.04 Å². The van der Waals surface area contributed by atoms with Crippen molar-refractivity contribution in [3.05, 3.63) is 35.4 Å². The van der Waals surface area contributed by atoms with Crippen molar-refractivity contribution in [2.24, 2.45) is 5.73 Å². The monoisotopic (exact) mass is 225 g/mol. The third-order valence-electron chi connectivity index (χ3n) is 2.29. The number of hydrogen-bond donors (Lipinski definition) is 2. The van der Waals surface area contributed by atoms with Gasteiger partial charge >= 0.3 is 0 Å². The van der Waals surface area contributed by atoms with Crippen LogP contribution < -0.4 is 5.73 Å². The first kappa shape index (κ1) is 12.6. The van der Waals surface area contributed by atoms with Crippen LogP contribution in [-0.2, 0) is 5.75 Å². The molecule has 2 atom stereocenters. The summed E-state index contributed by atoms with van der Waals surface area (Å²) in [6.45, 7) is 3.96. The summed E-state index contributed by atoms with van der Waals surface area (Å²) in [6.07, 6.45) is -0.558. The highest BCUT2D eigenvalue weighted by atomic mass is 32.2. The zero-order valence-electron chi connectivity index (χ0n) is 9.31. The van der Waals surface area contributed by atoms with Crippen molar-refractivity contribution in [2.45, 2.75) is 31.7 Å². The summed E-state index contributed by atoms with van der Waals surface area (Å²) in [4.78, 5) is 0. The molecule has 0 aliphatic heterocycles. The van der Waals surface area contributed by atoms with Crippen LogP contribution in [-0.4, -0.2) is 16.9 Å². The van der Waals surface area contributed by atoms with Gasteiger partial charge in [0.05, 0.1) is 6.10 Å². The van der Waals surface area contributed by atoms with Crippen LogP contribution in [0, 0.1) is 0 Å². The summed E-state index contributed by atoms with van der Waals surface area (Å²) in [5.41, 5.74) is 7.82. The molecule has 0 aliphatic carbocycles. The lowest BCUT2D eigenvalue weighted by Gasteiger charge is -2.14. The molecule has 0 fully saturated rings. The Labute approximate surface area is 95.9 Å². The van der Waals surface area contributed by atoms with Crippen LogP contribution in [0.4, 0.5) is 0 Å². The molecule has 0 saturated heterocycles. The normalized spacial score (nSPS) is 14.9. The van der Waals surface area contributed by atoms with Gasteiger partial charge in [-0.1, -0.05) is 31.2 Å². The molecule has 0 aliphatic rings. The Balaban J connectivity index is 2.63. The second-order valence-electron chi connectivity index (χ2n) is 3.68. The minimum absolute atomic E-state index is 0.221. The van der Waals surface area contributed by atoms with Crippen LogP contribution in [0.2, 0.25) is 0 Å². The molecule has 0 bridgehead atoms. The Morgan fingerprint density at radius 2 is 1.93 bits per heavy atom. The van der Waals surface area contributed by atoms with E-state index in [4.69, 9.17) is 5.73 Å². The molecule has 0 amide bonds. The fraction of sp³-hybridized carbons (Fsp3) is 0.500. The largest absolute Gasteiger partial charge is 0.387 e. The van der Waals surface area contributed by atoms with E-state index in [1.54, 1.807) is 0 Å². The summed E-state index contributed by atoms with van der Waals surface area (Å²) in [5, 5.41) is 9.73. The van der Waals surface area contributed by atoms with Crippen molar-refractivity contribution >= 4 is 11.8 Å². The molecular weight excluding hydrogens is 206 g/mol. The van der Waals surface area contributed by atoms with Crippen molar-refractivity contribution in [2.75, 3.05) is 5.75 Å². The van der Waals surface area contributed by atoms with Gasteiger partial charge in [-0.2, -0.15) is 11.8 Å². The minimum Gasteiger partial charge on any atom is -0.387 e. The summed E-state index contributed by atoms with van der Waals surface area (Å²) in [6, 6.07) is 7.81. The molecule has 0 aromatic heterocycles. The lowest BCUT2D eigenvalue weighted by Crippen LogP contribution is -2.24. The van der Waals surface area contributed by atoms with Crippen molar-refractivity contribution in [3.63, 3.8) is 0 Å². The zero-order chi connectivity index (χ0) is 11.3. The quantitative estimate of drug-likeness (QED) is 0.808. The van der Waals surface area contributed by atoms with Crippen LogP contribution in [0.3, 0.4) is 0 Å². The Morgan fingerprint density at radius 3 is 2.40 bits per heavy atom. The number of benzene rings is 1. The Hall–Kier alpha value is -0.510. The van der Waals surface area contributed by atoms with Gasteiger partial charge in [0.25, 0.3) is 0 Å². The first-order valence-electron chi connectivity index (χ1n) is 5.25. The van der Waals surface area contributed by atoms with Gasteiger partial charge in [-0.25, -0.2) is 0 Å². The lowest BCUT2D eigenvalue weighted by molar-refractivity contribution is 0.153. The molecule has 84 valence electrons. The van der Waals surface area contributed by atoms with Crippen molar-refractivity contribution in [1.82, 2.24) is 0 Å². The number of hydrogen-bond acceptors (Lipinski definition) is 3. The third-order valence-corrected chi connectivity index (χ3v) is 3.24. The van der Waals surface area contributed by atoms with Gasteiger partial charge in [0.15, 0.2) is 0 Å². The second-order valence-corrected chi connectivity index (χ2v) is 4.96. The maximum atomic E-state index is 9.73. The van der Waals surface area contributed by atoms with Gasteiger partial charge in [0.1, 0.15) is 0 Å². The number of aliphatic hydroxyl groups excluding tert-OH is 1. The highest BCUT2D eigenvalue weighted by Gasteiger charge is 2.11. The molecule has 0 heterocycles.